The lowest BCUT2D eigenvalue weighted by molar-refractivity contribution is 0.232. The Kier molecular flexibility index (Phi) is 7.27. The highest BCUT2D eigenvalue weighted by Gasteiger charge is 2.15. The smallest absolute Gasteiger partial charge is 0.315 e. The number of aromatic nitrogens is 1. The van der Waals surface area contributed by atoms with Crippen molar-refractivity contribution < 1.29 is 14.3 Å². The molecule has 0 unspecified atom stereocenters. The molecule has 0 radical (unpaired) electrons. The third-order valence-corrected chi connectivity index (χ3v) is 6.67. The summed E-state index contributed by atoms with van der Waals surface area (Å²) in [4.78, 5) is 16.9. The maximum absolute atomic E-state index is 12.1. The third kappa shape index (κ3) is 5.40. The maximum atomic E-state index is 12.1. The number of thiazole rings is 1. The molecule has 1 heterocycles. The molecule has 32 heavy (non-hydrogen) atoms. The van der Waals surface area contributed by atoms with Crippen LogP contribution in [-0.4, -0.2) is 31.3 Å². The molecule has 0 spiro atoms. The van der Waals surface area contributed by atoms with Crippen molar-refractivity contribution in [2.45, 2.75) is 44.7 Å². The van der Waals surface area contributed by atoms with Gasteiger partial charge in [0.2, 0.25) is 0 Å². The van der Waals surface area contributed by atoms with E-state index in [4.69, 9.17) is 14.5 Å². The number of nitrogens with one attached hydrogen (secondary N) is 2. The summed E-state index contributed by atoms with van der Waals surface area (Å²) in [6, 6.07) is 14.2. The minimum absolute atomic E-state index is 0.0829. The second-order valence-electron chi connectivity index (χ2n) is 7.97. The van der Waals surface area contributed by atoms with E-state index in [1.807, 2.05) is 47.8 Å². The van der Waals surface area contributed by atoms with Crippen LogP contribution >= 0.6 is 11.3 Å². The van der Waals surface area contributed by atoms with E-state index in [0.717, 1.165) is 40.2 Å². The van der Waals surface area contributed by atoms with Crippen LogP contribution in [0.4, 0.5) is 4.79 Å². The van der Waals surface area contributed by atoms with Crippen LogP contribution in [0.2, 0.25) is 0 Å². The van der Waals surface area contributed by atoms with Crippen LogP contribution < -0.4 is 20.1 Å². The van der Waals surface area contributed by atoms with Gasteiger partial charge in [0.05, 0.1) is 19.9 Å². The maximum Gasteiger partial charge on any atom is 0.315 e. The zero-order valence-electron chi connectivity index (χ0n) is 18.5. The molecule has 4 rings (SSSR count). The van der Waals surface area contributed by atoms with Crippen molar-refractivity contribution in [1.82, 2.24) is 15.6 Å². The van der Waals surface area contributed by atoms with Crippen LogP contribution in [0.15, 0.2) is 47.8 Å². The van der Waals surface area contributed by atoms with Crippen molar-refractivity contribution in [1.29, 1.82) is 0 Å². The van der Waals surface area contributed by atoms with Crippen molar-refractivity contribution in [3.05, 3.63) is 53.4 Å². The lowest BCUT2D eigenvalue weighted by atomic mass is 9.96. The normalized spacial score (nSPS) is 14.1. The summed E-state index contributed by atoms with van der Waals surface area (Å²) in [5.74, 6) is 1.38. The van der Waals surface area contributed by atoms with E-state index < -0.39 is 0 Å². The van der Waals surface area contributed by atoms with Crippen molar-refractivity contribution in [2.75, 3.05) is 14.2 Å². The molecule has 2 N–H and O–H groups in total. The number of urea groups is 1. The predicted molar refractivity (Wildman–Crippen MR) is 128 cm³/mol. The molecule has 7 heteroatoms. The van der Waals surface area contributed by atoms with Gasteiger partial charge in [0.15, 0.2) is 11.5 Å². The van der Waals surface area contributed by atoms with Gasteiger partial charge in [0.25, 0.3) is 0 Å². The first-order valence-electron chi connectivity index (χ1n) is 11.0. The molecule has 0 atom stereocenters. The molecular weight excluding hydrogens is 422 g/mol. The van der Waals surface area contributed by atoms with Gasteiger partial charge in [-0.15, -0.1) is 11.3 Å². The fourth-order valence-corrected chi connectivity index (χ4v) is 4.80. The highest BCUT2D eigenvalue weighted by Crippen LogP contribution is 2.34. The topological polar surface area (TPSA) is 72.5 Å². The Balaban J connectivity index is 1.36. The molecule has 1 aromatic heterocycles. The summed E-state index contributed by atoms with van der Waals surface area (Å²) in [5, 5.41) is 9.04. The summed E-state index contributed by atoms with van der Waals surface area (Å²) >= 11 is 1.60. The van der Waals surface area contributed by atoms with Gasteiger partial charge in [-0.3, -0.25) is 0 Å². The number of benzene rings is 2. The second-order valence-corrected chi connectivity index (χ2v) is 8.82. The number of ether oxygens (including phenoxy) is 2. The Morgan fingerprint density at radius 1 is 1.00 bits per heavy atom. The van der Waals surface area contributed by atoms with E-state index in [0.29, 0.717) is 24.1 Å². The number of rotatable bonds is 7. The fourth-order valence-electron chi connectivity index (χ4n) is 3.97. The number of amides is 2. The summed E-state index contributed by atoms with van der Waals surface area (Å²) in [6.45, 7) is 0.508. The predicted octanol–water partition coefficient (Wildman–Crippen LogP) is 5.63. The number of carbonyl (C=O) groups is 1. The number of hydrogen-bond acceptors (Lipinski definition) is 5. The van der Waals surface area contributed by atoms with Gasteiger partial charge in [-0.25, -0.2) is 9.78 Å². The Morgan fingerprint density at radius 3 is 2.44 bits per heavy atom. The molecule has 2 aromatic carbocycles. The lowest BCUT2D eigenvalue weighted by Crippen LogP contribution is -2.42. The summed E-state index contributed by atoms with van der Waals surface area (Å²) in [6.07, 6.45) is 5.86. The van der Waals surface area contributed by atoms with E-state index in [2.05, 4.69) is 10.6 Å². The van der Waals surface area contributed by atoms with Crippen LogP contribution in [0.3, 0.4) is 0 Å². The first-order valence-corrected chi connectivity index (χ1v) is 11.9. The minimum Gasteiger partial charge on any atom is -0.493 e. The molecule has 1 aliphatic rings. The van der Waals surface area contributed by atoms with Crippen molar-refractivity contribution in [2.24, 2.45) is 0 Å². The molecule has 0 saturated heterocycles. The first kappa shape index (κ1) is 22.1. The van der Waals surface area contributed by atoms with Crippen molar-refractivity contribution >= 4 is 17.4 Å². The van der Waals surface area contributed by atoms with E-state index in [1.165, 1.54) is 19.3 Å². The third-order valence-electron chi connectivity index (χ3n) is 5.78. The van der Waals surface area contributed by atoms with E-state index in [-0.39, 0.29) is 6.03 Å². The monoisotopic (exact) mass is 451 g/mol. The molecule has 1 fully saturated rings. The summed E-state index contributed by atoms with van der Waals surface area (Å²) in [7, 11) is 3.25. The van der Waals surface area contributed by atoms with Gasteiger partial charge >= 0.3 is 6.03 Å². The lowest BCUT2D eigenvalue weighted by Gasteiger charge is -2.22. The number of methoxy groups -OCH3 is 2. The molecule has 3 aromatic rings. The molecule has 1 aliphatic carbocycles. The van der Waals surface area contributed by atoms with Gasteiger partial charge in [-0.05, 0) is 36.6 Å². The Bertz CT molecular complexity index is 1040. The highest BCUT2D eigenvalue weighted by molar-refractivity contribution is 7.13. The SMILES string of the molecule is COc1ccc(-c2csc(-c3ccc(CNC(=O)NC4CCCCC4)cc3)n2)cc1OC. The average Bonchev–Trinajstić information content (AvgIpc) is 3.33. The van der Waals surface area contributed by atoms with Crippen molar-refractivity contribution in [3.8, 4) is 33.3 Å². The largest absolute Gasteiger partial charge is 0.493 e. The van der Waals surface area contributed by atoms with Crippen LogP contribution in [0.25, 0.3) is 21.8 Å². The molecule has 6 nitrogen and oxygen atoms in total. The average molecular weight is 452 g/mol. The highest BCUT2D eigenvalue weighted by atomic mass is 32.1. The summed E-state index contributed by atoms with van der Waals surface area (Å²) < 4.78 is 10.7. The van der Waals surface area contributed by atoms with Gasteiger partial charge in [-0.2, -0.15) is 0 Å². The van der Waals surface area contributed by atoms with Crippen LogP contribution in [0, 0.1) is 0 Å². The van der Waals surface area contributed by atoms with E-state index >= 15 is 0 Å². The van der Waals surface area contributed by atoms with E-state index in [1.54, 1.807) is 25.6 Å². The molecule has 168 valence electrons. The molecule has 1 saturated carbocycles. The standard InChI is InChI=1S/C25H29N3O3S/c1-30-22-13-12-19(14-23(22)31-2)21-16-32-24(28-21)18-10-8-17(9-11-18)15-26-25(29)27-20-6-4-3-5-7-20/h8-14,16,20H,3-7,15H2,1-2H3,(H2,26,27,29). The molecule has 2 amide bonds. The number of carbonyl (C=O) groups excluding carboxylic acids is 1. The molecule has 0 aliphatic heterocycles. The van der Waals surface area contributed by atoms with Crippen LogP contribution in [0.1, 0.15) is 37.7 Å². The Hall–Kier alpha value is -3.06. The zero-order chi connectivity index (χ0) is 22.3. The number of hydrogen-bond donors (Lipinski definition) is 2. The van der Waals surface area contributed by atoms with Gasteiger partial charge in [0.1, 0.15) is 5.01 Å². The minimum atomic E-state index is -0.0829. The Labute approximate surface area is 193 Å². The fraction of sp³-hybridized carbons (Fsp3) is 0.360. The van der Waals surface area contributed by atoms with Crippen LogP contribution in [-0.2, 0) is 6.54 Å². The van der Waals surface area contributed by atoms with Crippen LogP contribution in [0.5, 0.6) is 11.5 Å². The molecular formula is C25H29N3O3S. The summed E-state index contributed by atoms with van der Waals surface area (Å²) in [5.41, 5.74) is 3.99. The first-order chi connectivity index (χ1) is 15.7. The van der Waals surface area contributed by atoms with Crippen molar-refractivity contribution in [3.63, 3.8) is 0 Å². The zero-order valence-corrected chi connectivity index (χ0v) is 19.3. The second kappa shape index (κ2) is 10.5. The van der Waals surface area contributed by atoms with E-state index in [9.17, 15) is 4.79 Å². The van der Waals surface area contributed by atoms with Gasteiger partial charge in [-0.1, -0.05) is 43.5 Å². The van der Waals surface area contributed by atoms with Gasteiger partial charge < -0.3 is 20.1 Å². The number of nitrogens with zero attached hydrogens (tertiary/aromatic N) is 1. The Morgan fingerprint density at radius 2 is 1.72 bits per heavy atom. The molecule has 0 bridgehead atoms. The van der Waals surface area contributed by atoms with Gasteiger partial charge in [0, 0.05) is 29.1 Å². The quantitative estimate of drug-likeness (QED) is 0.489.